The quantitative estimate of drug-likeness (QED) is 0.846. The number of aliphatic hydroxyl groups is 1. The maximum atomic E-state index is 9.05. The van der Waals surface area contributed by atoms with Gasteiger partial charge in [-0.2, -0.15) is 5.26 Å². The zero-order valence-electron chi connectivity index (χ0n) is 10.1. The van der Waals surface area contributed by atoms with Gasteiger partial charge >= 0.3 is 0 Å². The van der Waals surface area contributed by atoms with E-state index >= 15 is 0 Å². The molecule has 0 saturated heterocycles. The van der Waals surface area contributed by atoms with Crippen LogP contribution < -0.4 is 5.32 Å². The Bertz CT molecular complexity index is 428. The molecule has 92 valence electrons. The van der Waals surface area contributed by atoms with E-state index in [1.54, 1.807) is 18.2 Å². The van der Waals surface area contributed by atoms with E-state index in [0.29, 0.717) is 17.0 Å². The summed E-state index contributed by atoms with van der Waals surface area (Å²) in [6.07, 6.45) is 1.53. The second-order valence-electron chi connectivity index (χ2n) is 4.32. The molecule has 17 heavy (non-hydrogen) atoms. The van der Waals surface area contributed by atoms with Crippen molar-refractivity contribution in [2.45, 2.75) is 32.2 Å². The normalized spacial score (nSPS) is 13.8. The summed E-state index contributed by atoms with van der Waals surface area (Å²) in [6, 6.07) is 7.21. The molecule has 2 N–H and O–H groups in total. The molecule has 0 aromatic heterocycles. The molecule has 1 aromatic carbocycles. The highest BCUT2D eigenvalue weighted by molar-refractivity contribution is 6.33. The molecule has 0 saturated carbocycles. The number of rotatable bonds is 5. The molecule has 0 aliphatic carbocycles. The monoisotopic (exact) mass is 252 g/mol. The Morgan fingerprint density at radius 2 is 2.24 bits per heavy atom. The van der Waals surface area contributed by atoms with E-state index in [2.05, 4.69) is 12.2 Å². The van der Waals surface area contributed by atoms with Crippen LogP contribution in [0.15, 0.2) is 18.2 Å². The molecule has 1 unspecified atom stereocenters. The largest absolute Gasteiger partial charge is 0.396 e. The van der Waals surface area contributed by atoms with Crippen molar-refractivity contribution in [3.63, 3.8) is 0 Å². The van der Waals surface area contributed by atoms with Gasteiger partial charge in [-0.1, -0.05) is 18.5 Å². The van der Waals surface area contributed by atoms with Gasteiger partial charge in [0.2, 0.25) is 0 Å². The van der Waals surface area contributed by atoms with Crippen LogP contribution in [-0.2, 0) is 0 Å². The first-order valence-corrected chi connectivity index (χ1v) is 6.01. The topological polar surface area (TPSA) is 56.0 Å². The Labute approximate surface area is 107 Å². The summed E-state index contributed by atoms with van der Waals surface area (Å²) < 4.78 is 0. The molecule has 1 aromatic rings. The summed E-state index contributed by atoms with van der Waals surface area (Å²) in [5, 5.41) is 21.7. The molecule has 0 bridgehead atoms. The fourth-order valence-corrected chi connectivity index (χ4v) is 1.81. The van der Waals surface area contributed by atoms with E-state index in [0.717, 1.165) is 12.1 Å². The van der Waals surface area contributed by atoms with Gasteiger partial charge in [0.25, 0.3) is 0 Å². The highest BCUT2D eigenvalue weighted by Crippen LogP contribution is 2.28. The molecule has 4 heteroatoms. The maximum Gasteiger partial charge on any atom is 0.0992 e. The van der Waals surface area contributed by atoms with Crippen LogP contribution in [0.4, 0.5) is 5.69 Å². The number of nitrogens with one attached hydrogen (secondary N) is 1. The van der Waals surface area contributed by atoms with Crippen molar-refractivity contribution in [2.24, 2.45) is 0 Å². The average Bonchev–Trinajstić information content (AvgIpc) is 2.32. The van der Waals surface area contributed by atoms with Crippen molar-refractivity contribution in [2.75, 3.05) is 11.9 Å². The maximum absolute atomic E-state index is 9.05. The molecule has 0 heterocycles. The minimum Gasteiger partial charge on any atom is -0.396 e. The molecular weight excluding hydrogens is 236 g/mol. The third-order valence-corrected chi connectivity index (χ3v) is 3.29. The van der Waals surface area contributed by atoms with Crippen LogP contribution in [0.5, 0.6) is 0 Å². The number of benzene rings is 1. The zero-order valence-corrected chi connectivity index (χ0v) is 10.9. The summed E-state index contributed by atoms with van der Waals surface area (Å²) >= 11 is 6.10. The predicted octanol–water partition coefficient (Wildman–Crippen LogP) is 3.17. The second-order valence-corrected chi connectivity index (χ2v) is 4.73. The van der Waals surface area contributed by atoms with Crippen LogP contribution in [-0.4, -0.2) is 17.3 Å². The van der Waals surface area contributed by atoms with Gasteiger partial charge in [0.15, 0.2) is 0 Å². The number of anilines is 1. The lowest BCUT2D eigenvalue weighted by Gasteiger charge is -2.30. The Kier molecular flexibility index (Phi) is 4.80. The van der Waals surface area contributed by atoms with Crippen molar-refractivity contribution in [3.05, 3.63) is 28.8 Å². The number of hydrogen-bond donors (Lipinski definition) is 2. The molecule has 0 aliphatic heterocycles. The third kappa shape index (κ3) is 3.62. The molecular formula is C13H17ClN2O. The Morgan fingerprint density at radius 3 is 2.71 bits per heavy atom. The van der Waals surface area contributed by atoms with Gasteiger partial charge in [-0.15, -0.1) is 0 Å². The highest BCUT2D eigenvalue weighted by Gasteiger charge is 2.21. The van der Waals surface area contributed by atoms with Crippen LogP contribution in [0.1, 0.15) is 32.3 Å². The fourth-order valence-electron chi connectivity index (χ4n) is 1.59. The Hall–Kier alpha value is -1.24. The number of aliphatic hydroxyl groups excluding tert-OH is 1. The SMILES string of the molecule is CCC(C)(CCO)Nc1ccc(C#N)cc1Cl. The summed E-state index contributed by atoms with van der Waals surface area (Å²) in [7, 11) is 0. The van der Waals surface area contributed by atoms with E-state index < -0.39 is 0 Å². The average molecular weight is 253 g/mol. The smallest absolute Gasteiger partial charge is 0.0992 e. The second kappa shape index (κ2) is 5.90. The van der Waals surface area contributed by atoms with Gasteiger partial charge in [-0.25, -0.2) is 0 Å². The standard InChI is InChI=1S/C13H17ClN2O/c1-3-13(2,6-7-17)16-12-5-4-10(9-15)8-11(12)14/h4-5,8,16-17H,3,6-7H2,1-2H3. The lowest BCUT2D eigenvalue weighted by Crippen LogP contribution is -2.35. The number of nitrogens with zero attached hydrogens (tertiary/aromatic N) is 1. The summed E-state index contributed by atoms with van der Waals surface area (Å²) in [6.45, 7) is 4.23. The Balaban J connectivity index is 2.91. The molecule has 1 rings (SSSR count). The summed E-state index contributed by atoms with van der Waals surface area (Å²) in [5.74, 6) is 0. The van der Waals surface area contributed by atoms with E-state index in [9.17, 15) is 0 Å². The third-order valence-electron chi connectivity index (χ3n) is 2.98. The minimum atomic E-state index is -0.188. The van der Waals surface area contributed by atoms with Gasteiger partial charge in [-0.3, -0.25) is 0 Å². The van der Waals surface area contributed by atoms with Crippen LogP contribution in [0, 0.1) is 11.3 Å². The van der Waals surface area contributed by atoms with Crippen molar-refractivity contribution in [1.29, 1.82) is 5.26 Å². The van der Waals surface area contributed by atoms with E-state index in [1.165, 1.54) is 0 Å². The fraction of sp³-hybridized carbons (Fsp3) is 0.462. The molecule has 0 spiro atoms. The van der Waals surface area contributed by atoms with Gasteiger partial charge in [-0.05, 0) is 38.0 Å². The van der Waals surface area contributed by atoms with Crippen molar-refractivity contribution < 1.29 is 5.11 Å². The van der Waals surface area contributed by atoms with Crippen LogP contribution in [0.3, 0.4) is 0 Å². The summed E-state index contributed by atoms with van der Waals surface area (Å²) in [4.78, 5) is 0. The molecule has 0 radical (unpaired) electrons. The van der Waals surface area contributed by atoms with E-state index in [-0.39, 0.29) is 12.1 Å². The first kappa shape index (κ1) is 13.8. The highest BCUT2D eigenvalue weighted by atomic mass is 35.5. The van der Waals surface area contributed by atoms with Gasteiger partial charge in [0.05, 0.1) is 22.3 Å². The van der Waals surface area contributed by atoms with E-state index in [4.69, 9.17) is 22.0 Å². The summed E-state index contributed by atoms with van der Waals surface area (Å²) in [5.41, 5.74) is 1.15. The molecule has 3 nitrogen and oxygen atoms in total. The van der Waals surface area contributed by atoms with Crippen molar-refractivity contribution >= 4 is 17.3 Å². The number of hydrogen-bond acceptors (Lipinski definition) is 3. The van der Waals surface area contributed by atoms with Crippen LogP contribution in [0.25, 0.3) is 0 Å². The lowest BCUT2D eigenvalue weighted by atomic mass is 9.94. The lowest BCUT2D eigenvalue weighted by molar-refractivity contribution is 0.252. The first-order valence-electron chi connectivity index (χ1n) is 5.63. The zero-order chi connectivity index (χ0) is 12.9. The molecule has 0 fully saturated rings. The predicted molar refractivity (Wildman–Crippen MR) is 70.2 cm³/mol. The van der Waals surface area contributed by atoms with Gasteiger partial charge in [0.1, 0.15) is 0 Å². The van der Waals surface area contributed by atoms with Crippen molar-refractivity contribution in [1.82, 2.24) is 0 Å². The molecule has 0 amide bonds. The van der Waals surface area contributed by atoms with Gasteiger partial charge in [0, 0.05) is 12.1 Å². The molecule has 0 aliphatic rings. The number of halogens is 1. The number of nitriles is 1. The first-order chi connectivity index (χ1) is 8.04. The van der Waals surface area contributed by atoms with Crippen molar-refractivity contribution in [3.8, 4) is 6.07 Å². The minimum absolute atomic E-state index is 0.130. The molecule has 1 atom stereocenters. The Morgan fingerprint density at radius 1 is 1.53 bits per heavy atom. The van der Waals surface area contributed by atoms with Crippen LogP contribution >= 0.6 is 11.6 Å². The van der Waals surface area contributed by atoms with E-state index in [1.807, 2.05) is 13.0 Å². The van der Waals surface area contributed by atoms with Crippen LogP contribution in [0.2, 0.25) is 5.02 Å². The van der Waals surface area contributed by atoms with Gasteiger partial charge < -0.3 is 10.4 Å².